The van der Waals surface area contributed by atoms with Gasteiger partial charge in [-0.1, -0.05) is 24.4 Å². The van der Waals surface area contributed by atoms with Gasteiger partial charge in [0.1, 0.15) is 16.8 Å². The number of hydrogen-bond acceptors (Lipinski definition) is 5. The average molecular weight is 284 g/mol. The molecule has 6 heteroatoms. The molecule has 0 aromatic carbocycles. The van der Waals surface area contributed by atoms with Gasteiger partial charge in [-0.05, 0) is 19.8 Å². The third kappa shape index (κ3) is 3.04. The zero-order valence-corrected chi connectivity index (χ0v) is 11.9. The number of likely N-dealkylation sites (N-methyl/N-ethyl adjacent to an activating group) is 1. The maximum atomic E-state index is 11.1. The quantitative estimate of drug-likeness (QED) is 0.676. The molecule has 0 amide bonds. The van der Waals surface area contributed by atoms with Crippen LogP contribution in [0.15, 0.2) is 0 Å². The Kier molecular flexibility index (Phi) is 4.06. The number of anilines is 1. The van der Waals surface area contributed by atoms with Gasteiger partial charge in [-0.15, -0.1) is 0 Å². The zero-order chi connectivity index (χ0) is 14.0. The van der Waals surface area contributed by atoms with E-state index in [1.807, 2.05) is 0 Å². The van der Waals surface area contributed by atoms with E-state index in [1.54, 1.807) is 18.9 Å². The molecular weight excluding hydrogens is 266 g/mol. The van der Waals surface area contributed by atoms with Crippen molar-refractivity contribution in [3.05, 3.63) is 16.5 Å². The fourth-order valence-corrected chi connectivity index (χ4v) is 2.88. The highest BCUT2D eigenvalue weighted by molar-refractivity contribution is 6.32. The minimum absolute atomic E-state index is 0.155. The van der Waals surface area contributed by atoms with Crippen LogP contribution in [0.4, 0.5) is 5.82 Å². The molecule has 1 aromatic rings. The lowest BCUT2D eigenvalue weighted by atomic mass is 10.0. The molecule has 19 heavy (non-hydrogen) atoms. The van der Waals surface area contributed by atoms with E-state index in [-0.39, 0.29) is 10.7 Å². The van der Waals surface area contributed by atoms with Crippen LogP contribution in [0, 0.1) is 6.92 Å². The second kappa shape index (κ2) is 5.43. The number of carbonyl (C=O) groups is 1. The molecule has 1 N–H and O–H groups in total. The van der Waals surface area contributed by atoms with Crippen molar-refractivity contribution in [3.63, 3.8) is 0 Å². The van der Waals surface area contributed by atoms with Crippen molar-refractivity contribution in [2.75, 3.05) is 18.5 Å². The van der Waals surface area contributed by atoms with Crippen LogP contribution in [0.5, 0.6) is 0 Å². The number of halogens is 1. The minimum Gasteiger partial charge on any atom is -0.388 e. The fourth-order valence-electron chi connectivity index (χ4n) is 2.63. The van der Waals surface area contributed by atoms with Crippen LogP contribution in [0.1, 0.15) is 41.9 Å². The van der Waals surface area contributed by atoms with Gasteiger partial charge >= 0.3 is 0 Å². The summed E-state index contributed by atoms with van der Waals surface area (Å²) in [5.74, 6) is 0.990. The van der Waals surface area contributed by atoms with Gasteiger partial charge in [-0.25, -0.2) is 9.97 Å². The van der Waals surface area contributed by atoms with Crippen molar-refractivity contribution < 1.29 is 9.90 Å². The van der Waals surface area contributed by atoms with Crippen LogP contribution in [0.25, 0.3) is 0 Å². The molecule has 2 rings (SSSR count). The molecule has 0 bridgehead atoms. The number of hydrogen-bond donors (Lipinski definition) is 1. The molecule has 0 radical (unpaired) electrons. The molecule has 0 saturated heterocycles. The maximum absolute atomic E-state index is 11.1. The summed E-state index contributed by atoms with van der Waals surface area (Å²) >= 11 is 5.96. The van der Waals surface area contributed by atoms with Crippen LogP contribution >= 0.6 is 11.6 Å². The van der Waals surface area contributed by atoms with E-state index >= 15 is 0 Å². The van der Waals surface area contributed by atoms with Gasteiger partial charge in [-0.3, -0.25) is 4.79 Å². The normalized spacial score (nSPS) is 17.5. The summed E-state index contributed by atoms with van der Waals surface area (Å²) in [6.07, 6.45) is 4.30. The van der Waals surface area contributed by atoms with Gasteiger partial charge < -0.3 is 10.0 Å². The molecule has 5 nitrogen and oxygen atoms in total. The number of aldehydes is 1. The standard InChI is InChI=1S/C13H18ClN3O2/c1-9-15-11(14)10(7-18)12(16-9)17(2)8-13(19)5-3-4-6-13/h7,19H,3-6,8H2,1-2H3. The Morgan fingerprint density at radius 2 is 2.05 bits per heavy atom. The van der Waals surface area contributed by atoms with E-state index in [2.05, 4.69) is 9.97 Å². The van der Waals surface area contributed by atoms with Crippen molar-refractivity contribution in [2.45, 2.75) is 38.2 Å². The van der Waals surface area contributed by atoms with Crippen molar-refractivity contribution in [3.8, 4) is 0 Å². The Labute approximate surface area is 117 Å². The second-order valence-corrected chi connectivity index (χ2v) is 5.56. The number of aliphatic hydroxyl groups is 1. The molecular formula is C13H18ClN3O2. The Morgan fingerprint density at radius 3 is 2.63 bits per heavy atom. The van der Waals surface area contributed by atoms with Crippen LogP contribution < -0.4 is 4.90 Å². The predicted octanol–water partition coefficient (Wildman–Crippen LogP) is 1.99. The maximum Gasteiger partial charge on any atom is 0.156 e. The first kappa shape index (κ1) is 14.2. The topological polar surface area (TPSA) is 66.3 Å². The molecule has 0 unspecified atom stereocenters. The van der Waals surface area contributed by atoms with E-state index in [1.165, 1.54) is 0 Å². The Bertz CT molecular complexity index is 487. The molecule has 0 aliphatic heterocycles. The third-order valence-corrected chi connectivity index (χ3v) is 3.82. The van der Waals surface area contributed by atoms with Gasteiger partial charge in [0.05, 0.1) is 11.2 Å². The Hall–Kier alpha value is -1.20. The molecule has 1 aliphatic rings. The van der Waals surface area contributed by atoms with E-state index in [0.29, 0.717) is 24.5 Å². The summed E-state index contributed by atoms with van der Waals surface area (Å²) in [6, 6.07) is 0. The van der Waals surface area contributed by atoms with Gasteiger partial charge in [0.2, 0.25) is 0 Å². The molecule has 1 saturated carbocycles. The monoisotopic (exact) mass is 283 g/mol. The minimum atomic E-state index is -0.694. The molecule has 1 aliphatic carbocycles. The molecule has 0 atom stereocenters. The van der Waals surface area contributed by atoms with Gasteiger partial charge in [0.15, 0.2) is 6.29 Å². The fraction of sp³-hybridized carbons (Fsp3) is 0.615. The number of rotatable bonds is 4. The van der Waals surface area contributed by atoms with Crippen LogP contribution in [0.2, 0.25) is 5.15 Å². The molecule has 1 aromatic heterocycles. The first-order chi connectivity index (χ1) is 8.95. The summed E-state index contributed by atoms with van der Waals surface area (Å²) < 4.78 is 0. The van der Waals surface area contributed by atoms with Crippen molar-refractivity contribution in [1.29, 1.82) is 0 Å². The number of aryl methyl sites for hydroxylation is 1. The van der Waals surface area contributed by atoms with Crippen LogP contribution in [0.3, 0.4) is 0 Å². The van der Waals surface area contributed by atoms with E-state index in [0.717, 1.165) is 25.7 Å². The Morgan fingerprint density at radius 1 is 1.42 bits per heavy atom. The van der Waals surface area contributed by atoms with Gasteiger partial charge in [0, 0.05) is 13.6 Å². The van der Waals surface area contributed by atoms with Gasteiger partial charge in [0.25, 0.3) is 0 Å². The third-order valence-electron chi connectivity index (χ3n) is 3.54. The lowest BCUT2D eigenvalue weighted by molar-refractivity contribution is 0.0557. The first-order valence-electron chi connectivity index (χ1n) is 6.38. The zero-order valence-electron chi connectivity index (χ0n) is 11.2. The summed E-state index contributed by atoms with van der Waals surface area (Å²) in [6.45, 7) is 2.17. The largest absolute Gasteiger partial charge is 0.388 e. The van der Waals surface area contributed by atoms with Crippen molar-refractivity contribution in [2.24, 2.45) is 0 Å². The lowest BCUT2D eigenvalue weighted by Gasteiger charge is -2.30. The van der Waals surface area contributed by atoms with Gasteiger partial charge in [-0.2, -0.15) is 0 Å². The SMILES string of the molecule is Cc1nc(Cl)c(C=O)c(N(C)CC2(O)CCCC2)n1. The Balaban J connectivity index is 2.27. The summed E-state index contributed by atoms with van der Waals surface area (Å²) in [5.41, 5.74) is -0.420. The first-order valence-corrected chi connectivity index (χ1v) is 6.76. The molecule has 104 valence electrons. The highest BCUT2D eigenvalue weighted by Gasteiger charge is 2.33. The van der Waals surface area contributed by atoms with E-state index in [9.17, 15) is 9.90 Å². The van der Waals surface area contributed by atoms with Crippen LogP contribution in [-0.2, 0) is 0 Å². The highest BCUT2D eigenvalue weighted by Crippen LogP contribution is 2.32. The second-order valence-electron chi connectivity index (χ2n) is 5.20. The predicted molar refractivity (Wildman–Crippen MR) is 73.9 cm³/mol. The average Bonchev–Trinajstić information content (AvgIpc) is 2.74. The lowest BCUT2D eigenvalue weighted by Crippen LogP contribution is -2.40. The van der Waals surface area contributed by atoms with Crippen molar-refractivity contribution in [1.82, 2.24) is 9.97 Å². The summed E-state index contributed by atoms with van der Waals surface area (Å²) in [7, 11) is 1.81. The number of aromatic nitrogens is 2. The van der Waals surface area contributed by atoms with E-state index in [4.69, 9.17) is 11.6 Å². The number of nitrogens with zero attached hydrogens (tertiary/aromatic N) is 3. The molecule has 1 fully saturated rings. The molecule has 0 spiro atoms. The van der Waals surface area contributed by atoms with Crippen molar-refractivity contribution >= 4 is 23.7 Å². The summed E-state index contributed by atoms with van der Waals surface area (Å²) in [4.78, 5) is 21.2. The highest BCUT2D eigenvalue weighted by atomic mass is 35.5. The smallest absolute Gasteiger partial charge is 0.156 e. The molecule has 1 heterocycles. The van der Waals surface area contributed by atoms with E-state index < -0.39 is 5.60 Å². The summed E-state index contributed by atoms with van der Waals surface area (Å²) in [5, 5.41) is 10.6. The number of carbonyl (C=O) groups excluding carboxylic acids is 1. The van der Waals surface area contributed by atoms with Crippen LogP contribution in [-0.4, -0.2) is 40.6 Å².